The van der Waals surface area contributed by atoms with Gasteiger partial charge in [-0.25, -0.2) is 0 Å². The van der Waals surface area contributed by atoms with Gasteiger partial charge in [-0.05, 0) is 12.1 Å². The minimum Gasteiger partial charge on any atom is -0.398 e. The third kappa shape index (κ3) is 2.29. The second-order valence-corrected chi connectivity index (χ2v) is 6.75. The molecule has 0 fully saturated rings. The fraction of sp³-hybridized carbons (Fsp3) is 0.286. The van der Waals surface area contributed by atoms with E-state index in [1.807, 2.05) is 39.0 Å². The summed E-state index contributed by atoms with van der Waals surface area (Å²) in [5.74, 6) is 0. The third-order valence-electron chi connectivity index (χ3n) is 3.09. The first kappa shape index (κ1) is 13.7. The highest BCUT2D eigenvalue weighted by Gasteiger charge is 2.23. The van der Waals surface area contributed by atoms with Crippen molar-refractivity contribution in [2.24, 2.45) is 0 Å². The molecule has 3 aromatic rings. The summed E-state index contributed by atoms with van der Waals surface area (Å²) in [5.41, 5.74) is 7.16. The lowest BCUT2D eigenvalue weighted by molar-refractivity contribution is 0.542. The van der Waals surface area contributed by atoms with Gasteiger partial charge in [0.1, 0.15) is 10.7 Å². The van der Waals surface area contributed by atoms with Gasteiger partial charge in [-0.2, -0.15) is 9.61 Å². The normalized spacial score (nSPS) is 12.0. The molecule has 0 aliphatic carbocycles. The molecule has 0 unspecified atom stereocenters. The van der Waals surface area contributed by atoms with Crippen molar-refractivity contribution >= 4 is 22.0 Å². The Bertz CT molecular complexity index is 875. The van der Waals surface area contributed by atoms with E-state index >= 15 is 0 Å². The summed E-state index contributed by atoms with van der Waals surface area (Å²) in [5, 5.41) is 13.2. The summed E-state index contributed by atoms with van der Waals surface area (Å²) < 4.78 is 1.31. The SMILES string of the molecule is CC(C)(C)c1nnc2sc(-c3ccccc3N)nn2c1=O. The number of rotatable bonds is 1. The van der Waals surface area contributed by atoms with Crippen LogP contribution in [0.2, 0.25) is 0 Å². The van der Waals surface area contributed by atoms with Crippen molar-refractivity contribution in [2.75, 3.05) is 5.73 Å². The monoisotopic (exact) mass is 301 g/mol. The van der Waals surface area contributed by atoms with Crippen molar-refractivity contribution in [3.63, 3.8) is 0 Å². The Morgan fingerprint density at radius 1 is 1.19 bits per heavy atom. The maximum absolute atomic E-state index is 12.5. The molecule has 2 aromatic heterocycles. The molecule has 2 heterocycles. The van der Waals surface area contributed by atoms with Crippen molar-refractivity contribution < 1.29 is 0 Å². The Kier molecular flexibility index (Phi) is 3.02. The summed E-state index contributed by atoms with van der Waals surface area (Å²) >= 11 is 1.30. The molecule has 0 aliphatic rings. The number of nitrogens with zero attached hydrogens (tertiary/aromatic N) is 4. The highest BCUT2D eigenvalue weighted by Crippen LogP contribution is 2.28. The van der Waals surface area contributed by atoms with Gasteiger partial charge in [0.2, 0.25) is 4.96 Å². The van der Waals surface area contributed by atoms with E-state index in [2.05, 4.69) is 15.3 Å². The van der Waals surface area contributed by atoms with Gasteiger partial charge in [0.05, 0.1) is 0 Å². The van der Waals surface area contributed by atoms with Crippen LogP contribution in [0.4, 0.5) is 5.69 Å². The molecule has 1 aromatic carbocycles. The zero-order valence-electron chi connectivity index (χ0n) is 12.0. The lowest BCUT2D eigenvalue weighted by Gasteiger charge is -2.14. The quantitative estimate of drug-likeness (QED) is 0.695. The van der Waals surface area contributed by atoms with E-state index in [4.69, 9.17) is 5.73 Å². The summed E-state index contributed by atoms with van der Waals surface area (Å²) in [6.07, 6.45) is 0. The van der Waals surface area contributed by atoms with Crippen molar-refractivity contribution in [2.45, 2.75) is 26.2 Å². The van der Waals surface area contributed by atoms with Crippen molar-refractivity contribution in [3.8, 4) is 10.6 Å². The molecule has 0 bridgehead atoms. The van der Waals surface area contributed by atoms with Crippen LogP contribution in [0.25, 0.3) is 15.5 Å². The number of benzene rings is 1. The predicted octanol–water partition coefficient (Wildman–Crippen LogP) is 2.09. The molecule has 0 amide bonds. The molecular formula is C14H15N5OS. The van der Waals surface area contributed by atoms with E-state index < -0.39 is 0 Å². The Morgan fingerprint density at radius 3 is 2.57 bits per heavy atom. The van der Waals surface area contributed by atoms with Crippen LogP contribution in [-0.2, 0) is 5.41 Å². The molecule has 3 rings (SSSR count). The lowest BCUT2D eigenvalue weighted by Crippen LogP contribution is -2.30. The summed E-state index contributed by atoms with van der Waals surface area (Å²) in [7, 11) is 0. The molecule has 0 radical (unpaired) electrons. The molecule has 0 saturated heterocycles. The van der Waals surface area contributed by atoms with Crippen LogP contribution < -0.4 is 11.3 Å². The molecule has 0 atom stereocenters. The Morgan fingerprint density at radius 2 is 1.90 bits per heavy atom. The maximum atomic E-state index is 12.5. The topological polar surface area (TPSA) is 86.2 Å². The molecule has 0 spiro atoms. The predicted molar refractivity (Wildman–Crippen MR) is 83.5 cm³/mol. The number of aromatic nitrogens is 4. The molecule has 0 saturated carbocycles. The van der Waals surface area contributed by atoms with Crippen molar-refractivity contribution in [1.29, 1.82) is 0 Å². The fourth-order valence-corrected chi connectivity index (χ4v) is 2.87. The average Bonchev–Trinajstić information content (AvgIpc) is 2.83. The minimum absolute atomic E-state index is 0.232. The number of fused-ring (bicyclic) bond motifs is 1. The van der Waals surface area contributed by atoms with Gasteiger partial charge in [0.25, 0.3) is 5.56 Å². The third-order valence-corrected chi connectivity index (χ3v) is 4.02. The molecule has 6 nitrogen and oxygen atoms in total. The fourth-order valence-electron chi connectivity index (χ4n) is 1.99. The zero-order valence-corrected chi connectivity index (χ0v) is 12.8. The van der Waals surface area contributed by atoms with E-state index in [-0.39, 0.29) is 11.0 Å². The standard InChI is InChI=1S/C14H15N5OS/c1-14(2,3)10-12(20)19-13(17-16-10)21-11(18-19)8-6-4-5-7-9(8)15/h4-7H,15H2,1-3H3. The van der Waals surface area contributed by atoms with Gasteiger partial charge in [-0.3, -0.25) is 4.79 Å². The van der Waals surface area contributed by atoms with Gasteiger partial charge in [0, 0.05) is 16.7 Å². The molecular weight excluding hydrogens is 286 g/mol. The first-order chi connectivity index (χ1) is 9.88. The first-order valence-corrected chi connectivity index (χ1v) is 7.31. The van der Waals surface area contributed by atoms with Crippen LogP contribution >= 0.6 is 11.3 Å². The minimum atomic E-state index is -0.374. The number of anilines is 1. The van der Waals surface area contributed by atoms with Gasteiger partial charge in [-0.1, -0.05) is 44.2 Å². The highest BCUT2D eigenvalue weighted by atomic mass is 32.1. The van der Waals surface area contributed by atoms with Gasteiger partial charge >= 0.3 is 0 Å². The number of nitrogens with two attached hydrogens (primary N) is 1. The van der Waals surface area contributed by atoms with E-state index in [1.165, 1.54) is 15.9 Å². The van der Waals surface area contributed by atoms with Crippen LogP contribution in [0.15, 0.2) is 29.1 Å². The van der Waals surface area contributed by atoms with E-state index in [0.29, 0.717) is 21.3 Å². The number of hydrogen-bond acceptors (Lipinski definition) is 6. The average molecular weight is 301 g/mol. The van der Waals surface area contributed by atoms with E-state index in [1.54, 1.807) is 6.07 Å². The van der Waals surface area contributed by atoms with Crippen LogP contribution in [-0.4, -0.2) is 19.8 Å². The molecule has 2 N–H and O–H groups in total. The summed E-state index contributed by atoms with van der Waals surface area (Å²) in [4.78, 5) is 12.9. The summed E-state index contributed by atoms with van der Waals surface area (Å²) in [6, 6.07) is 7.41. The van der Waals surface area contributed by atoms with Gasteiger partial charge in [0.15, 0.2) is 0 Å². The molecule has 108 valence electrons. The van der Waals surface area contributed by atoms with Crippen LogP contribution in [0.1, 0.15) is 26.5 Å². The Hall–Kier alpha value is -2.28. The maximum Gasteiger partial charge on any atom is 0.297 e. The van der Waals surface area contributed by atoms with Crippen LogP contribution in [0.5, 0.6) is 0 Å². The largest absolute Gasteiger partial charge is 0.398 e. The van der Waals surface area contributed by atoms with Crippen molar-refractivity contribution in [3.05, 3.63) is 40.3 Å². The van der Waals surface area contributed by atoms with Crippen molar-refractivity contribution in [1.82, 2.24) is 19.8 Å². The second-order valence-electron chi connectivity index (χ2n) is 5.79. The lowest BCUT2D eigenvalue weighted by atomic mass is 9.93. The number of nitrogen functional groups attached to an aromatic ring is 1. The zero-order chi connectivity index (χ0) is 15.2. The first-order valence-electron chi connectivity index (χ1n) is 6.50. The molecule has 0 aliphatic heterocycles. The smallest absolute Gasteiger partial charge is 0.297 e. The Balaban J connectivity index is 2.25. The summed E-state index contributed by atoms with van der Waals surface area (Å²) in [6.45, 7) is 5.77. The molecule has 21 heavy (non-hydrogen) atoms. The Labute approximate surface area is 125 Å². The van der Waals surface area contributed by atoms with Gasteiger partial charge in [-0.15, -0.1) is 10.2 Å². The van der Waals surface area contributed by atoms with E-state index in [9.17, 15) is 4.79 Å². The van der Waals surface area contributed by atoms with E-state index in [0.717, 1.165) is 5.56 Å². The highest BCUT2D eigenvalue weighted by molar-refractivity contribution is 7.19. The number of hydrogen-bond donors (Lipinski definition) is 1. The second kappa shape index (κ2) is 4.63. The van der Waals surface area contributed by atoms with Gasteiger partial charge < -0.3 is 5.73 Å². The van der Waals surface area contributed by atoms with Crippen LogP contribution in [0, 0.1) is 0 Å². The number of para-hydroxylation sites is 1. The van der Waals surface area contributed by atoms with Crippen LogP contribution in [0.3, 0.4) is 0 Å². The molecule has 7 heteroatoms.